The summed E-state index contributed by atoms with van der Waals surface area (Å²) in [6.45, 7) is 0. The van der Waals surface area contributed by atoms with Crippen molar-refractivity contribution in [1.29, 1.82) is 0 Å². The number of H-pyrrole nitrogens is 1. The highest BCUT2D eigenvalue weighted by Crippen LogP contribution is 2.22. The Hall–Kier alpha value is -0.960. The minimum Gasteiger partial charge on any atom is -0.347 e. The molecule has 56 valence electrons. The van der Waals surface area contributed by atoms with Gasteiger partial charge in [0.05, 0.1) is 0 Å². The van der Waals surface area contributed by atoms with Crippen molar-refractivity contribution in [3.63, 3.8) is 0 Å². The van der Waals surface area contributed by atoms with Gasteiger partial charge in [0, 0.05) is 10.9 Å². The Labute approximate surface area is 68.6 Å². The van der Waals surface area contributed by atoms with E-state index in [1.54, 1.807) is 12.1 Å². The van der Waals surface area contributed by atoms with Crippen LogP contribution in [0.15, 0.2) is 29.3 Å². The number of para-hydroxylation sites is 1. The number of hydrogen-bond donors (Lipinski definition) is 2. The average molecular weight is 167 g/mol. The molecule has 1 aromatic carbocycles. The van der Waals surface area contributed by atoms with Gasteiger partial charge in [-0.2, -0.15) is 0 Å². The van der Waals surface area contributed by atoms with Crippen molar-refractivity contribution in [1.82, 2.24) is 4.98 Å². The molecule has 2 rings (SSSR count). The molecule has 1 heterocycles. The molecule has 11 heavy (non-hydrogen) atoms. The van der Waals surface area contributed by atoms with E-state index in [9.17, 15) is 4.39 Å². The van der Waals surface area contributed by atoms with Gasteiger partial charge in [0.15, 0.2) is 5.82 Å². The highest BCUT2D eigenvalue weighted by Gasteiger charge is 2.05. The molecule has 0 aliphatic carbocycles. The first-order chi connectivity index (χ1) is 5.29. The number of aromatic nitrogens is 1. The summed E-state index contributed by atoms with van der Waals surface area (Å²) in [7, 11) is 0. The second-order valence-corrected chi connectivity index (χ2v) is 2.78. The summed E-state index contributed by atoms with van der Waals surface area (Å²) in [5.74, 6) is -0.274. The molecule has 0 saturated heterocycles. The number of aromatic amines is 1. The Morgan fingerprint density at radius 2 is 2.00 bits per heavy atom. The van der Waals surface area contributed by atoms with Crippen molar-refractivity contribution < 1.29 is 4.39 Å². The molecule has 1 nitrogen and oxygen atoms in total. The van der Waals surface area contributed by atoms with Gasteiger partial charge >= 0.3 is 0 Å². The summed E-state index contributed by atoms with van der Waals surface area (Å²) in [4.78, 5) is 2.82. The van der Waals surface area contributed by atoms with Crippen molar-refractivity contribution in [3.05, 3.63) is 30.1 Å². The number of thiol groups is 1. The zero-order chi connectivity index (χ0) is 7.84. The molecule has 0 spiro atoms. The third-order valence-corrected chi connectivity index (χ3v) is 1.93. The van der Waals surface area contributed by atoms with Crippen LogP contribution in [0.3, 0.4) is 0 Å². The highest BCUT2D eigenvalue weighted by atomic mass is 32.1. The van der Waals surface area contributed by atoms with E-state index in [2.05, 4.69) is 17.6 Å². The summed E-state index contributed by atoms with van der Waals surface area (Å²) in [5.41, 5.74) is 0.787. The zero-order valence-electron chi connectivity index (χ0n) is 5.63. The fourth-order valence-corrected chi connectivity index (χ4v) is 1.33. The number of halogens is 1. The van der Waals surface area contributed by atoms with E-state index in [0.717, 1.165) is 5.52 Å². The third-order valence-electron chi connectivity index (χ3n) is 1.62. The van der Waals surface area contributed by atoms with Crippen molar-refractivity contribution in [2.24, 2.45) is 0 Å². The van der Waals surface area contributed by atoms with Gasteiger partial charge in [-0.15, -0.1) is 12.6 Å². The highest BCUT2D eigenvalue weighted by molar-refractivity contribution is 7.80. The van der Waals surface area contributed by atoms with Gasteiger partial charge in [0.25, 0.3) is 0 Å². The molecule has 2 aromatic rings. The van der Waals surface area contributed by atoms with Gasteiger partial charge in [0.1, 0.15) is 5.03 Å². The summed E-state index contributed by atoms with van der Waals surface area (Å²) < 4.78 is 13.1. The Bertz CT molecular complexity index is 394. The molecule has 0 saturated carbocycles. The lowest BCUT2D eigenvalue weighted by Crippen LogP contribution is -1.67. The molecule has 1 aromatic heterocycles. The molecular weight excluding hydrogens is 161 g/mol. The second-order valence-electron chi connectivity index (χ2n) is 2.33. The quantitative estimate of drug-likeness (QED) is 0.561. The van der Waals surface area contributed by atoms with Crippen molar-refractivity contribution in [2.45, 2.75) is 5.03 Å². The predicted octanol–water partition coefficient (Wildman–Crippen LogP) is 2.60. The Balaban J connectivity index is 2.92. The maximum Gasteiger partial charge on any atom is 0.162 e. The molecule has 0 fully saturated rings. The van der Waals surface area contributed by atoms with Crippen molar-refractivity contribution in [3.8, 4) is 0 Å². The summed E-state index contributed by atoms with van der Waals surface area (Å²) in [6.07, 6.45) is 0. The van der Waals surface area contributed by atoms with E-state index >= 15 is 0 Å². The standard InChI is InChI=1S/C8H6FNS/c9-7-5-3-1-2-4-6(5)10-8(7)11/h1-4,10-11H. The van der Waals surface area contributed by atoms with E-state index in [1.807, 2.05) is 12.1 Å². The van der Waals surface area contributed by atoms with E-state index in [1.165, 1.54) is 0 Å². The molecule has 0 unspecified atom stereocenters. The van der Waals surface area contributed by atoms with Crippen LogP contribution >= 0.6 is 12.6 Å². The first-order valence-electron chi connectivity index (χ1n) is 3.24. The third kappa shape index (κ3) is 0.922. The van der Waals surface area contributed by atoms with E-state index in [-0.39, 0.29) is 5.82 Å². The average Bonchev–Trinajstić information content (AvgIpc) is 2.30. The van der Waals surface area contributed by atoms with Crippen LogP contribution in [0, 0.1) is 5.82 Å². The van der Waals surface area contributed by atoms with Crippen molar-refractivity contribution >= 4 is 23.5 Å². The lowest BCUT2D eigenvalue weighted by molar-refractivity contribution is 0.611. The minimum atomic E-state index is -0.274. The molecule has 0 aliphatic rings. The van der Waals surface area contributed by atoms with Crippen LogP contribution in [0.4, 0.5) is 4.39 Å². The first kappa shape index (κ1) is 6.73. The molecule has 1 N–H and O–H groups in total. The fourth-order valence-electron chi connectivity index (χ4n) is 1.09. The number of fused-ring (bicyclic) bond motifs is 1. The number of benzene rings is 1. The van der Waals surface area contributed by atoms with Crippen LogP contribution in [0.5, 0.6) is 0 Å². The molecule has 0 radical (unpaired) electrons. The number of hydrogen-bond acceptors (Lipinski definition) is 1. The Kier molecular flexibility index (Phi) is 1.39. The Morgan fingerprint density at radius 1 is 1.27 bits per heavy atom. The minimum absolute atomic E-state index is 0.274. The molecule has 0 atom stereocenters. The summed E-state index contributed by atoms with van der Waals surface area (Å²) in [6, 6.07) is 7.19. The molecule has 3 heteroatoms. The smallest absolute Gasteiger partial charge is 0.162 e. The SMILES string of the molecule is Fc1c(S)[nH]c2ccccc12. The maximum absolute atomic E-state index is 13.1. The Morgan fingerprint density at radius 3 is 2.73 bits per heavy atom. The van der Waals surface area contributed by atoms with Gasteiger partial charge < -0.3 is 4.98 Å². The molecule has 0 amide bonds. The fraction of sp³-hybridized carbons (Fsp3) is 0. The van der Waals surface area contributed by atoms with Gasteiger partial charge in [0.2, 0.25) is 0 Å². The van der Waals surface area contributed by atoms with Crippen LogP contribution in [0.2, 0.25) is 0 Å². The predicted molar refractivity (Wildman–Crippen MR) is 45.5 cm³/mol. The van der Waals surface area contributed by atoms with Gasteiger partial charge in [-0.1, -0.05) is 12.1 Å². The lowest BCUT2D eigenvalue weighted by Gasteiger charge is -1.84. The van der Waals surface area contributed by atoms with Crippen LogP contribution in [0.1, 0.15) is 0 Å². The maximum atomic E-state index is 13.1. The van der Waals surface area contributed by atoms with Crippen LogP contribution in [-0.2, 0) is 0 Å². The topological polar surface area (TPSA) is 15.8 Å². The lowest BCUT2D eigenvalue weighted by atomic mass is 10.2. The molecule has 0 bridgehead atoms. The van der Waals surface area contributed by atoms with E-state index in [0.29, 0.717) is 10.4 Å². The van der Waals surface area contributed by atoms with E-state index < -0.39 is 0 Å². The first-order valence-corrected chi connectivity index (χ1v) is 3.69. The number of nitrogens with one attached hydrogen (secondary N) is 1. The second kappa shape index (κ2) is 2.27. The normalized spacial score (nSPS) is 10.7. The van der Waals surface area contributed by atoms with Crippen molar-refractivity contribution in [2.75, 3.05) is 0 Å². The largest absolute Gasteiger partial charge is 0.347 e. The van der Waals surface area contributed by atoms with Crippen LogP contribution in [-0.4, -0.2) is 4.98 Å². The zero-order valence-corrected chi connectivity index (χ0v) is 6.53. The molecular formula is C8H6FNS. The van der Waals surface area contributed by atoms with Gasteiger partial charge in [-0.25, -0.2) is 4.39 Å². The van der Waals surface area contributed by atoms with Gasteiger partial charge in [-0.05, 0) is 12.1 Å². The monoisotopic (exact) mass is 167 g/mol. The van der Waals surface area contributed by atoms with Crippen LogP contribution < -0.4 is 0 Å². The van der Waals surface area contributed by atoms with Crippen LogP contribution in [0.25, 0.3) is 10.9 Å². The van der Waals surface area contributed by atoms with E-state index in [4.69, 9.17) is 0 Å². The summed E-state index contributed by atoms with van der Waals surface area (Å²) in [5, 5.41) is 0.892. The summed E-state index contributed by atoms with van der Waals surface area (Å²) >= 11 is 3.93. The van der Waals surface area contributed by atoms with Gasteiger partial charge in [-0.3, -0.25) is 0 Å². The molecule has 0 aliphatic heterocycles. The number of rotatable bonds is 0.